The normalized spacial score (nSPS) is 20.7. The smallest absolute Gasteiger partial charge is 0.0785 e. The molecule has 0 aliphatic carbocycles. The van der Waals surface area contributed by atoms with Crippen LogP contribution in [0.1, 0.15) is 6.42 Å². The summed E-state index contributed by atoms with van der Waals surface area (Å²) in [6.07, 6.45) is 1.18. The number of anilines is 3. The summed E-state index contributed by atoms with van der Waals surface area (Å²) in [6.45, 7) is 2.08. The third-order valence-corrected chi connectivity index (χ3v) is 3.35. The standard InChI is InChI=1S/C12H20N4/c1-15(2)9-6-7-16(8-9)11-5-3-4-10(13)12(11)14/h3-5,9H,6-8,13-14H2,1-2H3. The van der Waals surface area contributed by atoms with Crippen LogP contribution in [-0.4, -0.2) is 38.1 Å². The Bertz CT molecular complexity index is 375. The van der Waals surface area contributed by atoms with E-state index in [-0.39, 0.29) is 0 Å². The second-order valence-electron chi connectivity index (χ2n) is 4.63. The quantitative estimate of drug-likeness (QED) is 0.730. The summed E-state index contributed by atoms with van der Waals surface area (Å²) in [7, 11) is 4.24. The van der Waals surface area contributed by atoms with E-state index in [9.17, 15) is 0 Å². The van der Waals surface area contributed by atoms with Crippen molar-refractivity contribution >= 4 is 17.1 Å². The molecule has 1 heterocycles. The van der Waals surface area contributed by atoms with Gasteiger partial charge in [-0.25, -0.2) is 0 Å². The third-order valence-electron chi connectivity index (χ3n) is 3.35. The first kappa shape index (κ1) is 11.1. The van der Waals surface area contributed by atoms with E-state index in [1.165, 1.54) is 6.42 Å². The highest BCUT2D eigenvalue weighted by atomic mass is 15.2. The highest BCUT2D eigenvalue weighted by Gasteiger charge is 2.25. The Morgan fingerprint density at radius 3 is 2.69 bits per heavy atom. The van der Waals surface area contributed by atoms with Crippen molar-refractivity contribution in [2.24, 2.45) is 0 Å². The maximum Gasteiger partial charge on any atom is 0.0785 e. The summed E-state index contributed by atoms with van der Waals surface area (Å²) >= 11 is 0. The molecule has 0 spiro atoms. The molecule has 2 rings (SSSR count). The van der Waals surface area contributed by atoms with E-state index >= 15 is 0 Å². The van der Waals surface area contributed by atoms with Gasteiger partial charge in [0, 0.05) is 19.1 Å². The molecule has 1 aliphatic heterocycles. The zero-order valence-electron chi connectivity index (χ0n) is 9.98. The number of para-hydroxylation sites is 1. The van der Waals surface area contributed by atoms with E-state index in [0.29, 0.717) is 17.4 Å². The molecular weight excluding hydrogens is 200 g/mol. The van der Waals surface area contributed by atoms with Gasteiger partial charge in [0.15, 0.2) is 0 Å². The Morgan fingerprint density at radius 1 is 1.31 bits per heavy atom. The predicted molar refractivity (Wildman–Crippen MR) is 69.6 cm³/mol. The van der Waals surface area contributed by atoms with Crippen molar-refractivity contribution in [1.29, 1.82) is 0 Å². The number of likely N-dealkylation sites (N-methyl/N-ethyl adjacent to an activating group) is 1. The monoisotopic (exact) mass is 220 g/mol. The number of rotatable bonds is 2. The Morgan fingerprint density at radius 2 is 2.06 bits per heavy atom. The average molecular weight is 220 g/mol. The molecule has 0 bridgehead atoms. The van der Waals surface area contributed by atoms with Gasteiger partial charge < -0.3 is 21.3 Å². The Kier molecular flexibility index (Phi) is 2.92. The lowest BCUT2D eigenvalue weighted by Gasteiger charge is -2.23. The summed E-state index contributed by atoms with van der Waals surface area (Å²) in [5.41, 5.74) is 14.3. The van der Waals surface area contributed by atoms with E-state index < -0.39 is 0 Å². The molecule has 1 aromatic carbocycles. The lowest BCUT2D eigenvalue weighted by molar-refractivity contribution is 0.315. The average Bonchev–Trinajstić information content (AvgIpc) is 2.71. The molecule has 1 unspecified atom stereocenters. The summed E-state index contributed by atoms with van der Waals surface area (Å²) in [5.74, 6) is 0. The van der Waals surface area contributed by atoms with Gasteiger partial charge in [-0.3, -0.25) is 0 Å². The lowest BCUT2D eigenvalue weighted by Crippen LogP contribution is -2.31. The molecule has 1 saturated heterocycles. The van der Waals surface area contributed by atoms with Gasteiger partial charge in [-0.2, -0.15) is 0 Å². The highest BCUT2D eigenvalue weighted by Crippen LogP contribution is 2.31. The zero-order chi connectivity index (χ0) is 11.7. The first-order valence-corrected chi connectivity index (χ1v) is 5.65. The van der Waals surface area contributed by atoms with E-state index in [2.05, 4.69) is 23.9 Å². The van der Waals surface area contributed by atoms with Gasteiger partial charge in [-0.1, -0.05) is 6.07 Å². The molecule has 0 saturated carbocycles. The highest BCUT2D eigenvalue weighted by molar-refractivity contribution is 5.79. The van der Waals surface area contributed by atoms with Crippen LogP contribution in [0.3, 0.4) is 0 Å². The van der Waals surface area contributed by atoms with Crippen LogP contribution in [0.5, 0.6) is 0 Å². The molecule has 0 radical (unpaired) electrons. The van der Waals surface area contributed by atoms with Gasteiger partial charge in [0.2, 0.25) is 0 Å². The molecule has 88 valence electrons. The summed E-state index contributed by atoms with van der Waals surface area (Å²) in [4.78, 5) is 4.58. The van der Waals surface area contributed by atoms with Crippen LogP contribution in [0.25, 0.3) is 0 Å². The Balaban J connectivity index is 2.17. The fourth-order valence-corrected chi connectivity index (χ4v) is 2.23. The molecule has 16 heavy (non-hydrogen) atoms. The summed E-state index contributed by atoms with van der Waals surface area (Å²) in [5, 5.41) is 0. The molecule has 1 aliphatic rings. The minimum atomic E-state index is 0.612. The predicted octanol–water partition coefficient (Wildman–Crippen LogP) is 0.991. The van der Waals surface area contributed by atoms with Crippen LogP contribution in [0.4, 0.5) is 17.1 Å². The van der Waals surface area contributed by atoms with Gasteiger partial charge in [-0.05, 0) is 32.6 Å². The summed E-state index contributed by atoms with van der Waals surface area (Å²) in [6, 6.07) is 6.47. The van der Waals surface area contributed by atoms with Gasteiger partial charge in [0.25, 0.3) is 0 Å². The zero-order valence-corrected chi connectivity index (χ0v) is 9.98. The number of hydrogen-bond donors (Lipinski definition) is 2. The van der Waals surface area contributed by atoms with Crippen LogP contribution in [0.15, 0.2) is 18.2 Å². The summed E-state index contributed by atoms with van der Waals surface area (Å²) < 4.78 is 0. The molecule has 4 nitrogen and oxygen atoms in total. The lowest BCUT2D eigenvalue weighted by atomic mass is 10.2. The number of nitrogens with zero attached hydrogens (tertiary/aromatic N) is 2. The molecule has 1 fully saturated rings. The third kappa shape index (κ3) is 1.93. The molecule has 1 aromatic rings. The second-order valence-corrected chi connectivity index (χ2v) is 4.63. The van der Waals surface area contributed by atoms with Crippen molar-refractivity contribution in [2.75, 3.05) is 43.6 Å². The van der Waals surface area contributed by atoms with Crippen molar-refractivity contribution in [3.8, 4) is 0 Å². The number of benzene rings is 1. The number of hydrogen-bond acceptors (Lipinski definition) is 4. The van der Waals surface area contributed by atoms with Crippen molar-refractivity contribution < 1.29 is 0 Å². The van der Waals surface area contributed by atoms with E-state index in [4.69, 9.17) is 11.5 Å². The fraction of sp³-hybridized carbons (Fsp3) is 0.500. The minimum Gasteiger partial charge on any atom is -0.397 e. The maximum absolute atomic E-state index is 6.00. The first-order valence-electron chi connectivity index (χ1n) is 5.65. The Labute approximate surface area is 96.8 Å². The minimum absolute atomic E-state index is 0.612. The van der Waals surface area contributed by atoms with Crippen molar-refractivity contribution in [3.05, 3.63) is 18.2 Å². The van der Waals surface area contributed by atoms with Gasteiger partial charge in [0.1, 0.15) is 0 Å². The van der Waals surface area contributed by atoms with Crippen molar-refractivity contribution in [1.82, 2.24) is 4.90 Å². The van der Waals surface area contributed by atoms with Crippen LogP contribution in [0, 0.1) is 0 Å². The van der Waals surface area contributed by atoms with E-state index in [0.717, 1.165) is 18.8 Å². The Hall–Kier alpha value is -1.42. The SMILES string of the molecule is CN(C)C1CCN(c2cccc(N)c2N)C1. The van der Waals surface area contributed by atoms with Gasteiger partial charge in [-0.15, -0.1) is 0 Å². The number of nitrogens with two attached hydrogens (primary N) is 2. The maximum atomic E-state index is 6.00. The topological polar surface area (TPSA) is 58.5 Å². The van der Waals surface area contributed by atoms with Crippen molar-refractivity contribution in [3.63, 3.8) is 0 Å². The molecule has 0 aromatic heterocycles. The van der Waals surface area contributed by atoms with E-state index in [1.54, 1.807) is 0 Å². The van der Waals surface area contributed by atoms with Crippen LogP contribution >= 0.6 is 0 Å². The largest absolute Gasteiger partial charge is 0.397 e. The first-order chi connectivity index (χ1) is 7.59. The van der Waals surface area contributed by atoms with E-state index in [1.807, 2.05) is 18.2 Å². The molecule has 1 atom stereocenters. The van der Waals surface area contributed by atoms with Crippen LogP contribution in [0.2, 0.25) is 0 Å². The molecular formula is C12H20N4. The molecule has 4 N–H and O–H groups in total. The molecule has 0 amide bonds. The fourth-order valence-electron chi connectivity index (χ4n) is 2.23. The van der Waals surface area contributed by atoms with Crippen LogP contribution in [-0.2, 0) is 0 Å². The van der Waals surface area contributed by atoms with Crippen molar-refractivity contribution in [2.45, 2.75) is 12.5 Å². The van der Waals surface area contributed by atoms with Gasteiger partial charge in [0.05, 0.1) is 17.1 Å². The second kappa shape index (κ2) is 4.22. The van der Waals surface area contributed by atoms with Crippen LogP contribution < -0.4 is 16.4 Å². The number of nitrogen functional groups attached to an aromatic ring is 2. The van der Waals surface area contributed by atoms with Gasteiger partial charge >= 0.3 is 0 Å². The molecule has 4 heteroatoms.